The Morgan fingerprint density at radius 3 is 2.27 bits per heavy atom. The quantitative estimate of drug-likeness (QED) is 0.134. The molecule has 5 rings (SSSR count). The summed E-state index contributed by atoms with van der Waals surface area (Å²) in [4.78, 5) is 58.7. The molecule has 2 heterocycles. The summed E-state index contributed by atoms with van der Waals surface area (Å²) in [6.07, 6.45) is 2.97. The monoisotopic (exact) mass is 774 g/mol. The highest BCUT2D eigenvalue weighted by Gasteiger charge is 2.44. The largest absolute Gasteiger partial charge is 0.391 e. The normalized spacial score (nSPS) is 21.3. The molecule has 3 aromatic rings. The van der Waals surface area contributed by atoms with Gasteiger partial charge in [-0.1, -0.05) is 69.3 Å². The van der Waals surface area contributed by atoms with Crippen molar-refractivity contribution in [1.29, 1.82) is 0 Å². The number of carbonyl (C=O) groups is 4. The number of aryl methyl sites for hydroxylation is 1. The summed E-state index contributed by atoms with van der Waals surface area (Å²) < 4.78 is 5.91. The molecule has 1 aliphatic heterocycles. The number of nitrogens with two attached hydrogens (primary N) is 2. The Morgan fingerprint density at radius 2 is 1.65 bits per heavy atom. The third kappa shape index (κ3) is 11.7. The zero-order valence-corrected chi connectivity index (χ0v) is 33.6. The molecule has 2 aliphatic rings. The molecular formula is C42H58N6O6S. The van der Waals surface area contributed by atoms with E-state index in [-0.39, 0.29) is 67.6 Å². The van der Waals surface area contributed by atoms with Crippen LogP contribution in [0.4, 0.5) is 0 Å². The van der Waals surface area contributed by atoms with E-state index >= 15 is 0 Å². The smallest absolute Gasteiger partial charge is 0.246 e. The predicted octanol–water partition coefficient (Wildman–Crippen LogP) is 4.38. The van der Waals surface area contributed by atoms with Gasteiger partial charge in [0.05, 0.1) is 34.9 Å². The molecule has 1 saturated heterocycles. The highest BCUT2D eigenvalue weighted by molar-refractivity contribution is 7.13. The van der Waals surface area contributed by atoms with Gasteiger partial charge in [-0.05, 0) is 79.0 Å². The minimum absolute atomic E-state index is 0.0340. The lowest BCUT2D eigenvalue weighted by atomic mass is 9.70. The first kappa shape index (κ1) is 42.0. The van der Waals surface area contributed by atoms with E-state index in [9.17, 15) is 24.3 Å². The zero-order chi connectivity index (χ0) is 39.9. The number of likely N-dealkylation sites (tertiary alicyclic amines) is 1. The van der Waals surface area contributed by atoms with Gasteiger partial charge in [-0.15, -0.1) is 11.3 Å². The molecular weight excluding hydrogens is 717 g/mol. The molecule has 5 atom stereocenters. The molecule has 55 heavy (non-hydrogen) atoms. The lowest BCUT2D eigenvalue weighted by Crippen LogP contribution is -2.58. The molecule has 13 heteroatoms. The number of aliphatic hydroxyl groups is 1. The van der Waals surface area contributed by atoms with Crippen LogP contribution in [0.1, 0.15) is 88.6 Å². The number of primary amides is 1. The fraction of sp³-hybridized carbons (Fsp3) is 0.548. The third-order valence-corrected chi connectivity index (χ3v) is 11.9. The molecule has 0 spiro atoms. The van der Waals surface area contributed by atoms with Crippen molar-refractivity contribution in [1.82, 2.24) is 20.5 Å². The van der Waals surface area contributed by atoms with E-state index in [1.807, 2.05) is 64.4 Å². The summed E-state index contributed by atoms with van der Waals surface area (Å²) in [5, 5.41) is 16.5. The summed E-state index contributed by atoms with van der Waals surface area (Å²) in [7, 11) is 0. The topological polar surface area (TPSA) is 190 Å². The minimum atomic E-state index is -0.851. The average molecular weight is 775 g/mol. The molecule has 1 aromatic heterocycles. The molecule has 2 aromatic carbocycles. The number of rotatable bonds is 17. The van der Waals surface area contributed by atoms with Gasteiger partial charge in [0, 0.05) is 38.4 Å². The number of β-amino-alcohol motifs (C(OH)–C–C–N with tert-alkyl or cyclic N) is 1. The number of aromatic nitrogens is 1. The van der Waals surface area contributed by atoms with Crippen LogP contribution in [0, 0.1) is 24.2 Å². The SMILES string of the molecule is Cc1ncsc1-c1ccc(CNC(=O)[C@@H]2C[C@@H](O)CN2C(=O)[C@@H](NC(=O)CC2CC(Cc3ccc(CO[C@H](C)[C@@H](N)CCC(N)=O)cc3)C2)C(C)(C)C)cc1. The third-order valence-electron chi connectivity index (χ3n) is 10.9. The summed E-state index contributed by atoms with van der Waals surface area (Å²) in [6, 6.07) is 14.3. The molecule has 1 saturated carbocycles. The van der Waals surface area contributed by atoms with Crippen molar-refractivity contribution in [2.24, 2.45) is 28.7 Å². The molecule has 1 aliphatic carbocycles. The number of aliphatic hydroxyl groups excluding tert-OH is 1. The van der Waals surface area contributed by atoms with Crippen LogP contribution < -0.4 is 22.1 Å². The second-order valence-electron chi connectivity index (χ2n) is 16.6. The van der Waals surface area contributed by atoms with E-state index in [1.165, 1.54) is 10.5 Å². The Morgan fingerprint density at radius 1 is 1.00 bits per heavy atom. The molecule has 12 nitrogen and oxygen atoms in total. The standard InChI is InChI=1S/C42H58N6O6S/c1-25-38(55-24-46-25)32-12-10-28(11-13-32)21-45-40(52)35-20-33(49)22-48(35)41(53)39(42(3,4)5)47-37(51)19-31-17-30(18-31)16-27-6-8-29(9-7-27)23-54-26(2)34(43)14-15-36(44)50/h6-13,24,26,30-31,33-35,39,49H,14-23,43H2,1-5H3,(H2,44,50)(H,45,52)(H,47,51)/t26-,30?,31?,33-,34+,35+,39-/m1/s1. The van der Waals surface area contributed by atoms with Crippen LogP contribution in [-0.2, 0) is 43.5 Å². The Bertz CT molecular complexity index is 1770. The average Bonchev–Trinajstić information content (AvgIpc) is 3.74. The maximum absolute atomic E-state index is 14.0. The minimum Gasteiger partial charge on any atom is -0.391 e. The van der Waals surface area contributed by atoms with Crippen LogP contribution in [0.25, 0.3) is 10.4 Å². The Balaban J connectivity index is 1.07. The number of ether oxygens (including phenoxy) is 1. The summed E-state index contributed by atoms with van der Waals surface area (Å²) in [6.45, 7) is 10.3. The maximum Gasteiger partial charge on any atom is 0.246 e. The summed E-state index contributed by atoms with van der Waals surface area (Å²) >= 11 is 1.58. The van der Waals surface area contributed by atoms with Crippen molar-refractivity contribution in [2.75, 3.05) is 6.54 Å². The van der Waals surface area contributed by atoms with Crippen LogP contribution in [0.5, 0.6) is 0 Å². The lowest BCUT2D eigenvalue weighted by Gasteiger charge is -2.37. The van der Waals surface area contributed by atoms with Gasteiger partial charge in [0.2, 0.25) is 23.6 Å². The lowest BCUT2D eigenvalue weighted by molar-refractivity contribution is -0.144. The highest BCUT2D eigenvalue weighted by Crippen LogP contribution is 2.38. The molecule has 4 amide bonds. The van der Waals surface area contributed by atoms with Crippen molar-refractivity contribution >= 4 is 35.0 Å². The van der Waals surface area contributed by atoms with E-state index in [4.69, 9.17) is 16.2 Å². The van der Waals surface area contributed by atoms with Crippen molar-refractivity contribution in [3.63, 3.8) is 0 Å². The maximum atomic E-state index is 14.0. The van der Waals surface area contributed by atoms with Gasteiger partial charge in [0.1, 0.15) is 12.1 Å². The van der Waals surface area contributed by atoms with E-state index in [0.717, 1.165) is 46.5 Å². The highest BCUT2D eigenvalue weighted by atomic mass is 32.1. The number of hydrogen-bond donors (Lipinski definition) is 5. The second-order valence-corrected chi connectivity index (χ2v) is 17.4. The first-order chi connectivity index (χ1) is 26.1. The number of amides is 4. The fourth-order valence-corrected chi connectivity index (χ4v) is 8.28. The van der Waals surface area contributed by atoms with E-state index < -0.39 is 23.6 Å². The number of thiazole rings is 1. The number of carbonyl (C=O) groups excluding carboxylic acids is 4. The van der Waals surface area contributed by atoms with Crippen LogP contribution in [0.2, 0.25) is 0 Å². The van der Waals surface area contributed by atoms with Gasteiger partial charge in [0.25, 0.3) is 0 Å². The van der Waals surface area contributed by atoms with E-state index in [1.54, 1.807) is 11.3 Å². The van der Waals surface area contributed by atoms with Gasteiger partial charge >= 0.3 is 0 Å². The molecule has 0 unspecified atom stereocenters. The van der Waals surface area contributed by atoms with Gasteiger partial charge in [-0.25, -0.2) is 4.98 Å². The zero-order valence-electron chi connectivity index (χ0n) is 32.8. The summed E-state index contributed by atoms with van der Waals surface area (Å²) in [5.41, 5.74) is 17.8. The van der Waals surface area contributed by atoms with Crippen LogP contribution in [-0.4, -0.2) is 75.5 Å². The van der Waals surface area contributed by atoms with E-state index in [2.05, 4.69) is 39.9 Å². The van der Waals surface area contributed by atoms with Gasteiger partial charge in [-0.3, -0.25) is 19.2 Å². The van der Waals surface area contributed by atoms with Crippen molar-refractivity contribution < 1.29 is 29.0 Å². The van der Waals surface area contributed by atoms with Gasteiger partial charge < -0.3 is 36.8 Å². The Labute approximate surface area is 328 Å². The molecule has 7 N–H and O–H groups in total. The van der Waals surface area contributed by atoms with Crippen LogP contribution in [0.15, 0.2) is 54.0 Å². The fourth-order valence-electron chi connectivity index (χ4n) is 7.47. The van der Waals surface area contributed by atoms with Crippen molar-refractivity contribution in [2.45, 2.75) is 123 Å². The Kier molecular flexibility index (Phi) is 14.2. The van der Waals surface area contributed by atoms with Crippen molar-refractivity contribution in [3.8, 4) is 10.4 Å². The molecule has 0 radical (unpaired) electrons. The molecule has 0 bridgehead atoms. The first-order valence-electron chi connectivity index (χ1n) is 19.4. The second kappa shape index (κ2) is 18.6. The number of nitrogens with zero attached hydrogens (tertiary/aromatic N) is 2. The number of benzene rings is 2. The van der Waals surface area contributed by atoms with Crippen LogP contribution in [0.3, 0.4) is 0 Å². The number of hydrogen-bond acceptors (Lipinski definition) is 9. The van der Waals surface area contributed by atoms with Gasteiger partial charge in [-0.2, -0.15) is 0 Å². The van der Waals surface area contributed by atoms with Crippen LogP contribution >= 0.6 is 11.3 Å². The Hall–Kier alpha value is -4.17. The first-order valence-corrected chi connectivity index (χ1v) is 20.2. The predicted molar refractivity (Wildman–Crippen MR) is 213 cm³/mol. The van der Waals surface area contributed by atoms with Crippen molar-refractivity contribution in [3.05, 3.63) is 76.4 Å². The summed E-state index contributed by atoms with van der Waals surface area (Å²) in [5.74, 6) is -0.516. The van der Waals surface area contributed by atoms with Gasteiger partial charge in [0.15, 0.2) is 0 Å². The van der Waals surface area contributed by atoms with E-state index in [0.29, 0.717) is 25.4 Å². The molecule has 298 valence electrons. The number of nitrogens with one attached hydrogen (secondary N) is 2. The molecule has 2 fully saturated rings.